The molecule has 0 saturated carbocycles. The highest BCUT2D eigenvalue weighted by Crippen LogP contribution is 2.24. The molecule has 2 N–H and O–H groups in total. The van der Waals surface area contributed by atoms with Crippen LogP contribution in [0.15, 0.2) is 0 Å². The number of nitrogens with one attached hydrogen (secondary N) is 2. The van der Waals surface area contributed by atoms with Crippen LogP contribution in [-0.4, -0.2) is 62.7 Å². The molecule has 8 nitrogen and oxygen atoms in total. The molecule has 0 bridgehead atoms. The van der Waals surface area contributed by atoms with E-state index in [4.69, 9.17) is 0 Å². The first-order valence-electron chi connectivity index (χ1n) is 6.89. The van der Waals surface area contributed by atoms with Gasteiger partial charge in [0.1, 0.15) is 0 Å². The van der Waals surface area contributed by atoms with Gasteiger partial charge in [-0.05, 0) is 26.7 Å². The van der Waals surface area contributed by atoms with Crippen molar-refractivity contribution in [2.24, 2.45) is 0 Å². The van der Waals surface area contributed by atoms with Gasteiger partial charge in [-0.1, -0.05) is 0 Å². The summed E-state index contributed by atoms with van der Waals surface area (Å²) in [5.41, 5.74) is -1.92. The molecule has 2 heterocycles. The van der Waals surface area contributed by atoms with Crippen LogP contribution in [0.3, 0.4) is 0 Å². The molecule has 0 aromatic carbocycles. The Kier molecular flexibility index (Phi) is 4.06. The van der Waals surface area contributed by atoms with Crippen LogP contribution in [-0.2, 0) is 29.3 Å². The summed E-state index contributed by atoms with van der Waals surface area (Å²) in [5, 5.41) is 4.89. The van der Waals surface area contributed by atoms with Crippen LogP contribution in [0.2, 0.25) is 0 Å². The Morgan fingerprint density at radius 1 is 0.773 bits per heavy atom. The predicted molar refractivity (Wildman–Crippen MR) is 79.6 cm³/mol. The second-order valence-corrected chi connectivity index (χ2v) is 11.1. The zero-order chi connectivity index (χ0) is 16.8. The van der Waals surface area contributed by atoms with Crippen molar-refractivity contribution in [2.75, 3.05) is 23.0 Å². The van der Waals surface area contributed by atoms with E-state index in [0.29, 0.717) is 0 Å². The van der Waals surface area contributed by atoms with Crippen LogP contribution in [0.1, 0.15) is 26.7 Å². The lowest BCUT2D eigenvalue weighted by Crippen LogP contribution is -2.56. The summed E-state index contributed by atoms with van der Waals surface area (Å²) in [7, 11) is -6.40. The average Bonchev–Trinajstić information content (AvgIpc) is 2.75. The molecule has 2 rings (SSSR count). The summed E-state index contributed by atoms with van der Waals surface area (Å²) in [4.78, 5) is 23.9. The Morgan fingerprint density at radius 3 is 1.32 bits per heavy atom. The summed E-state index contributed by atoms with van der Waals surface area (Å²) in [5.74, 6) is -2.34. The van der Waals surface area contributed by atoms with Crippen LogP contribution in [0.25, 0.3) is 0 Å². The third-order valence-electron chi connectivity index (χ3n) is 4.04. The van der Waals surface area contributed by atoms with Crippen LogP contribution in [0.4, 0.5) is 0 Å². The van der Waals surface area contributed by atoms with Crippen molar-refractivity contribution in [1.29, 1.82) is 0 Å². The maximum absolute atomic E-state index is 11.9. The zero-order valence-corrected chi connectivity index (χ0v) is 14.1. The summed E-state index contributed by atoms with van der Waals surface area (Å²) in [6, 6.07) is 0. The van der Waals surface area contributed by atoms with Gasteiger partial charge in [-0.15, -0.1) is 0 Å². The number of carbonyl (C=O) groups is 2. The second kappa shape index (κ2) is 5.19. The molecule has 0 radical (unpaired) electrons. The van der Waals surface area contributed by atoms with Crippen molar-refractivity contribution in [2.45, 2.75) is 37.8 Å². The van der Waals surface area contributed by atoms with Crippen LogP contribution >= 0.6 is 0 Å². The van der Waals surface area contributed by atoms with Crippen LogP contribution < -0.4 is 10.6 Å². The van der Waals surface area contributed by atoms with Gasteiger partial charge < -0.3 is 10.6 Å². The van der Waals surface area contributed by atoms with E-state index in [1.807, 2.05) is 0 Å². The Morgan fingerprint density at radius 2 is 1.09 bits per heavy atom. The fourth-order valence-corrected chi connectivity index (χ4v) is 7.07. The van der Waals surface area contributed by atoms with Gasteiger partial charge in [0.05, 0.1) is 34.1 Å². The number of sulfone groups is 2. The maximum Gasteiger partial charge on any atom is 0.309 e. The molecule has 0 aromatic heterocycles. The van der Waals surface area contributed by atoms with E-state index in [1.54, 1.807) is 13.8 Å². The van der Waals surface area contributed by atoms with Gasteiger partial charge >= 0.3 is 11.8 Å². The SMILES string of the molecule is CC1(NC(=O)C(=O)NC2(C)CCS(=O)(=O)C2)CCS(=O)(=O)C1. The minimum Gasteiger partial charge on any atom is -0.342 e. The summed E-state index contributed by atoms with van der Waals surface area (Å²) < 4.78 is 45.9. The molecule has 0 aliphatic carbocycles. The Balaban J connectivity index is 1.98. The Bertz CT molecular complexity index is 652. The van der Waals surface area contributed by atoms with Gasteiger partial charge in [0, 0.05) is 0 Å². The molecule has 2 aliphatic heterocycles. The smallest absolute Gasteiger partial charge is 0.309 e. The molecular formula is C12H20N2O6S2. The fourth-order valence-electron chi connectivity index (χ4n) is 2.88. The first kappa shape index (κ1) is 17.2. The quantitative estimate of drug-likeness (QED) is 0.575. The lowest BCUT2D eigenvalue weighted by atomic mass is 10.0. The highest BCUT2D eigenvalue weighted by atomic mass is 32.2. The van der Waals surface area contributed by atoms with Crippen LogP contribution in [0.5, 0.6) is 0 Å². The van der Waals surface area contributed by atoms with Crippen molar-refractivity contribution >= 4 is 31.5 Å². The largest absolute Gasteiger partial charge is 0.342 e. The molecule has 22 heavy (non-hydrogen) atoms. The van der Waals surface area contributed by atoms with Gasteiger partial charge in [-0.3, -0.25) is 9.59 Å². The van der Waals surface area contributed by atoms with Gasteiger partial charge in [-0.2, -0.15) is 0 Å². The van der Waals surface area contributed by atoms with Gasteiger partial charge in [0.15, 0.2) is 19.7 Å². The number of hydrogen-bond donors (Lipinski definition) is 2. The van der Waals surface area contributed by atoms with E-state index in [-0.39, 0.29) is 35.9 Å². The Hall–Kier alpha value is -1.16. The number of rotatable bonds is 2. The molecule has 2 saturated heterocycles. The normalized spacial score (nSPS) is 35.9. The van der Waals surface area contributed by atoms with E-state index in [2.05, 4.69) is 10.6 Å². The number of hydrogen-bond acceptors (Lipinski definition) is 6. The van der Waals surface area contributed by atoms with Crippen molar-refractivity contribution in [1.82, 2.24) is 10.6 Å². The first-order chi connectivity index (χ1) is 9.84. The maximum atomic E-state index is 11.9. The molecule has 2 amide bonds. The van der Waals surface area contributed by atoms with Crippen molar-refractivity contribution in [3.05, 3.63) is 0 Å². The molecular weight excluding hydrogens is 332 g/mol. The molecule has 10 heteroatoms. The lowest BCUT2D eigenvalue weighted by Gasteiger charge is -2.26. The predicted octanol–water partition coefficient (Wildman–Crippen LogP) is -1.63. The number of amides is 2. The molecule has 2 atom stereocenters. The summed E-state index contributed by atoms with van der Waals surface area (Å²) in [6.45, 7) is 3.15. The van der Waals surface area contributed by atoms with E-state index in [9.17, 15) is 26.4 Å². The molecule has 0 spiro atoms. The molecule has 2 fully saturated rings. The van der Waals surface area contributed by atoms with E-state index < -0.39 is 42.6 Å². The van der Waals surface area contributed by atoms with Crippen molar-refractivity contribution in [3.8, 4) is 0 Å². The summed E-state index contributed by atoms with van der Waals surface area (Å²) >= 11 is 0. The highest BCUT2D eigenvalue weighted by molar-refractivity contribution is 7.92. The standard InChI is InChI=1S/C12H20N2O6S2/c1-11(3-5-21(17,18)7-11)13-9(15)10(16)14-12(2)4-6-22(19,20)8-12/h3-8H2,1-2H3,(H,13,15)(H,14,16). The number of carbonyl (C=O) groups excluding carboxylic acids is 2. The van der Waals surface area contributed by atoms with E-state index in [1.165, 1.54) is 0 Å². The summed E-state index contributed by atoms with van der Waals surface area (Å²) in [6.07, 6.45) is 0.500. The minimum absolute atomic E-state index is 0.0264. The first-order valence-corrected chi connectivity index (χ1v) is 10.5. The lowest BCUT2D eigenvalue weighted by molar-refractivity contribution is -0.141. The molecule has 126 valence electrons. The van der Waals surface area contributed by atoms with E-state index >= 15 is 0 Å². The second-order valence-electron chi connectivity index (χ2n) is 6.71. The van der Waals surface area contributed by atoms with Crippen LogP contribution in [0, 0.1) is 0 Å². The Labute approximate surface area is 129 Å². The molecule has 2 unspecified atom stereocenters. The highest BCUT2D eigenvalue weighted by Gasteiger charge is 2.43. The van der Waals surface area contributed by atoms with Crippen molar-refractivity contribution in [3.63, 3.8) is 0 Å². The van der Waals surface area contributed by atoms with E-state index in [0.717, 1.165) is 0 Å². The average molecular weight is 352 g/mol. The third kappa shape index (κ3) is 3.97. The minimum atomic E-state index is -3.20. The van der Waals surface area contributed by atoms with Gasteiger partial charge in [0.25, 0.3) is 0 Å². The fraction of sp³-hybridized carbons (Fsp3) is 0.833. The third-order valence-corrected chi connectivity index (χ3v) is 7.85. The van der Waals surface area contributed by atoms with Crippen molar-refractivity contribution < 1.29 is 26.4 Å². The van der Waals surface area contributed by atoms with Gasteiger partial charge in [-0.25, -0.2) is 16.8 Å². The monoisotopic (exact) mass is 352 g/mol. The zero-order valence-electron chi connectivity index (χ0n) is 12.5. The molecule has 0 aromatic rings. The molecule has 2 aliphatic rings. The van der Waals surface area contributed by atoms with Gasteiger partial charge in [0.2, 0.25) is 0 Å². The topological polar surface area (TPSA) is 126 Å².